The van der Waals surface area contributed by atoms with Crippen LogP contribution >= 0.6 is 11.6 Å². The SMILES string of the molecule is N[C@H]1C[C@H]2COC[C@@H](C1)N2Cc1ccc(Cl)cc1. The second kappa shape index (κ2) is 5.17. The zero-order valence-corrected chi connectivity index (χ0v) is 11.1. The highest BCUT2D eigenvalue weighted by Gasteiger charge is 2.37. The normalized spacial score (nSPS) is 32.4. The smallest absolute Gasteiger partial charge is 0.0623 e. The Morgan fingerprint density at radius 2 is 1.78 bits per heavy atom. The molecule has 2 aliphatic rings. The van der Waals surface area contributed by atoms with Crippen molar-refractivity contribution < 1.29 is 4.74 Å². The molecule has 0 saturated carbocycles. The molecule has 2 saturated heterocycles. The summed E-state index contributed by atoms with van der Waals surface area (Å²) < 4.78 is 5.65. The van der Waals surface area contributed by atoms with E-state index in [1.807, 2.05) is 12.1 Å². The van der Waals surface area contributed by atoms with Crippen LogP contribution in [0.15, 0.2) is 24.3 Å². The second-order valence-electron chi connectivity index (χ2n) is 5.38. The molecule has 18 heavy (non-hydrogen) atoms. The monoisotopic (exact) mass is 266 g/mol. The minimum Gasteiger partial charge on any atom is -0.378 e. The maximum absolute atomic E-state index is 6.10. The summed E-state index contributed by atoms with van der Waals surface area (Å²) in [6.07, 6.45) is 2.09. The summed E-state index contributed by atoms with van der Waals surface area (Å²) in [6.45, 7) is 2.61. The van der Waals surface area contributed by atoms with Crippen LogP contribution in [0.2, 0.25) is 5.02 Å². The van der Waals surface area contributed by atoms with Gasteiger partial charge in [0.05, 0.1) is 13.2 Å². The van der Waals surface area contributed by atoms with Crippen molar-refractivity contribution in [1.29, 1.82) is 0 Å². The Morgan fingerprint density at radius 1 is 1.17 bits per heavy atom. The average molecular weight is 267 g/mol. The molecule has 3 rings (SSSR count). The fourth-order valence-electron chi connectivity index (χ4n) is 3.09. The number of fused-ring (bicyclic) bond motifs is 2. The van der Waals surface area contributed by atoms with E-state index in [0.717, 1.165) is 37.6 Å². The van der Waals surface area contributed by atoms with Crippen LogP contribution in [-0.4, -0.2) is 36.2 Å². The van der Waals surface area contributed by atoms with Gasteiger partial charge in [-0.05, 0) is 30.5 Å². The topological polar surface area (TPSA) is 38.5 Å². The van der Waals surface area contributed by atoms with E-state index in [9.17, 15) is 0 Å². The fraction of sp³-hybridized carbons (Fsp3) is 0.571. The second-order valence-corrected chi connectivity index (χ2v) is 5.81. The Balaban J connectivity index is 1.73. The number of benzene rings is 1. The molecule has 98 valence electrons. The maximum Gasteiger partial charge on any atom is 0.0623 e. The summed E-state index contributed by atoms with van der Waals surface area (Å²) in [5, 5.41) is 0.794. The van der Waals surface area contributed by atoms with Crippen molar-refractivity contribution in [2.75, 3.05) is 13.2 Å². The lowest BCUT2D eigenvalue weighted by atomic mass is 9.90. The molecule has 2 aliphatic heterocycles. The molecule has 0 aromatic heterocycles. The van der Waals surface area contributed by atoms with Gasteiger partial charge in [-0.3, -0.25) is 4.90 Å². The lowest BCUT2D eigenvalue weighted by Crippen LogP contribution is -2.58. The Morgan fingerprint density at radius 3 is 2.39 bits per heavy atom. The Kier molecular flexibility index (Phi) is 3.57. The summed E-state index contributed by atoms with van der Waals surface area (Å²) in [5.41, 5.74) is 7.41. The molecule has 2 N–H and O–H groups in total. The van der Waals surface area contributed by atoms with E-state index in [0.29, 0.717) is 18.1 Å². The third-order valence-corrected chi connectivity index (χ3v) is 4.24. The largest absolute Gasteiger partial charge is 0.378 e. The molecule has 0 amide bonds. The zero-order chi connectivity index (χ0) is 12.5. The minimum atomic E-state index is 0.338. The standard InChI is InChI=1S/C14H19ClN2O/c15-11-3-1-10(2-4-11)7-17-13-5-12(16)6-14(17)9-18-8-13/h1-4,12-14H,5-9,16H2/t12-,13-,14+. The van der Waals surface area contributed by atoms with Crippen LogP contribution in [0, 0.1) is 0 Å². The molecule has 1 aromatic rings. The number of nitrogens with two attached hydrogens (primary N) is 1. The zero-order valence-electron chi connectivity index (χ0n) is 10.4. The molecule has 3 nitrogen and oxygen atoms in total. The van der Waals surface area contributed by atoms with Gasteiger partial charge in [0.25, 0.3) is 0 Å². The van der Waals surface area contributed by atoms with Crippen LogP contribution in [0.1, 0.15) is 18.4 Å². The molecule has 0 spiro atoms. The van der Waals surface area contributed by atoms with Crippen LogP contribution in [0.3, 0.4) is 0 Å². The number of nitrogens with zero attached hydrogens (tertiary/aromatic N) is 1. The number of hydrogen-bond acceptors (Lipinski definition) is 3. The lowest BCUT2D eigenvalue weighted by molar-refractivity contribution is -0.0819. The highest BCUT2D eigenvalue weighted by Crippen LogP contribution is 2.28. The van der Waals surface area contributed by atoms with E-state index in [-0.39, 0.29) is 0 Å². The minimum absolute atomic E-state index is 0.338. The van der Waals surface area contributed by atoms with Crippen LogP contribution < -0.4 is 5.73 Å². The lowest BCUT2D eigenvalue weighted by Gasteiger charge is -2.47. The summed E-state index contributed by atoms with van der Waals surface area (Å²) >= 11 is 5.92. The summed E-state index contributed by atoms with van der Waals surface area (Å²) in [6, 6.07) is 9.41. The number of rotatable bonds is 2. The quantitative estimate of drug-likeness (QED) is 0.890. The summed E-state index contributed by atoms with van der Waals surface area (Å²) in [5.74, 6) is 0. The van der Waals surface area contributed by atoms with Gasteiger partial charge in [-0.25, -0.2) is 0 Å². The number of hydrogen-bond donors (Lipinski definition) is 1. The molecule has 0 radical (unpaired) electrons. The van der Waals surface area contributed by atoms with Crippen LogP contribution in [-0.2, 0) is 11.3 Å². The van der Waals surface area contributed by atoms with Crippen LogP contribution in [0.4, 0.5) is 0 Å². The summed E-state index contributed by atoms with van der Waals surface area (Å²) in [7, 11) is 0. The van der Waals surface area contributed by atoms with Gasteiger partial charge in [0.2, 0.25) is 0 Å². The fourth-order valence-corrected chi connectivity index (χ4v) is 3.22. The Labute approximate surface area is 113 Å². The van der Waals surface area contributed by atoms with E-state index < -0.39 is 0 Å². The molecule has 4 heteroatoms. The molecule has 2 heterocycles. The molecule has 0 aliphatic carbocycles. The molecule has 1 aromatic carbocycles. The van der Waals surface area contributed by atoms with Crippen molar-refractivity contribution in [3.63, 3.8) is 0 Å². The predicted octanol–water partition coefficient (Wildman–Crippen LogP) is 2.03. The first-order chi connectivity index (χ1) is 8.72. The van der Waals surface area contributed by atoms with E-state index >= 15 is 0 Å². The van der Waals surface area contributed by atoms with E-state index in [1.54, 1.807) is 0 Å². The van der Waals surface area contributed by atoms with Gasteiger partial charge >= 0.3 is 0 Å². The third kappa shape index (κ3) is 2.54. The highest BCUT2D eigenvalue weighted by molar-refractivity contribution is 6.30. The first-order valence-corrected chi connectivity index (χ1v) is 6.93. The first-order valence-electron chi connectivity index (χ1n) is 6.56. The van der Waals surface area contributed by atoms with Crippen molar-refractivity contribution in [2.45, 2.75) is 37.5 Å². The van der Waals surface area contributed by atoms with Crippen molar-refractivity contribution in [2.24, 2.45) is 5.73 Å². The van der Waals surface area contributed by atoms with Gasteiger partial charge in [0, 0.05) is 29.7 Å². The first kappa shape index (κ1) is 12.4. The van der Waals surface area contributed by atoms with Crippen molar-refractivity contribution in [1.82, 2.24) is 4.90 Å². The van der Waals surface area contributed by atoms with Gasteiger partial charge in [-0.1, -0.05) is 23.7 Å². The van der Waals surface area contributed by atoms with Gasteiger partial charge < -0.3 is 10.5 Å². The maximum atomic E-state index is 6.10. The molecule has 2 fully saturated rings. The van der Waals surface area contributed by atoms with Crippen molar-refractivity contribution in [3.05, 3.63) is 34.9 Å². The predicted molar refractivity (Wildman–Crippen MR) is 72.6 cm³/mol. The number of ether oxygens (including phenoxy) is 1. The van der Waals surface area contributed by atoms with Gasteiger partial charge in [0.1, 0.15) is 0 Å². The van der Waals surface area contributed by atoms with Gasteiger partial charge in [-0.15, -0.1) is 0 Å². The molecular formula is C14H19ClN2O. The number of morpholine rings is 1. The Hall–Kier alpha value is -0.610. The van der Waals surface area contributed by atoms with Crippen LogP contribution in [0.25, 0.3) is 0 Å². The van der Waals surface area contributed by atoms with Gasteiger partial charge in [-0.2, -0.15) is 0 Å². The average Bonchev–Trinajstić information content (AvgIpc) is 2.33. The highest BCUT2D eigenvalue weighted by atomic mass is 35.5. The molecular weight excluding hydrogens is 248 g/mol. The summed E-state index contributed by atoms with van der Waals surface area (Å²) in [4.78, 5) is 2.55. The van der Waals surface area contributed by atoms with E-state index in [2.05, 4.69) is 17.0 Å². The molecule has 0 unspecified atom stereocenters. The Bertz CT molecular complexity index is 395. The molecule has 2 bridgehead atoms. The van der Waals surface area contributed by atoms with Crippen molar-refractivity contribution in [3.8, 4) is 0 Å². The number of piperidine rings is 1. The van der Waals surface area contributed by atoms with E-state index in [1.165, 1.54) is 5.56 Å². The number of halogens is 1. The molecule has 3 atom stereocenters. The van der Waals surface area contributed by atoms with E-state index in [4.69, 9.17) is 22.1 Å². The third-order valence-electron chi connectivity index (χ3n) is 3.99. The van der Waals surface area contributed by atoms with Crippen LogP contribution in [0.5, 0.6) is 0 Å². The van der Waals surface area contributed by atoms with Gasteiger partial charge in [0.15, 0.2) is 0 Å². The van der Waals surface area contributed by atoms with Crippen molar-refractivity contribution >= 4 is 11.6 Å².